The lowest BCUT2D eigenvalue weighted by atomic mass is 10.3. The van der Waals surface area contributed by atoms with Crippen LogP contribution < -0.4 is 4.74 Å². The summed E-state index contributed by atoms with van der Waals surface area (Å²) in [6, 6.07) is 1.18. The van der Waals surface area contributed by atoms with Gasteiger partial charge in [0.1, 0.15) is 5.15 Å². The van der Waals surface area contributed by atoms with Crippen LogP contribution in [0.2, 0.25) is 5.15 Å². The van der Waals surface area contributed by atoms with E-state index >= 15 is 0 Å². The zero-order valence-corrected chi connectivity index (χ0v) is 9.55. The Hall–Kier alpha value is -1.04. The molecule has 94 valence electrons. The molecule has 1 aromatic rings. The van der Waals surface area contributed by atoms with E-state index in [1.807, 2.05) is 0 Å². The molecule has 1 aromatic heterocycles. The third-order valence-corrected chi connectivity index (χ3v) is 2.59. The van der Waals surface area contributed by atoms with Crippen molar-refractivity contribution in [3.05, 3.63) is 17.0 Å². The summed E-state index contributed by atoms with van der Waals surface area (Å²) in [7, 11) is 0. The predicted octanol–water partition coefficient (Wildman–Crippen LogP) is 3.33. The number of alkyl halides is 3. The van der Waals surface area contributed by atoms with Gasteiger partial charge >= 0.3 is 6.18 Å². The van der Waals surface area contributed by atoms with E-state index in [9.17, 15) is 13.2 Å². The fourth-order valence-corrected chi connectivity index (χ4v) is 1.51. The molecule has 0 aromatic carbocycles. The number of ether oxygens (including phenoxy) is 1. The molecule has 0 aliphatic heterocycles. The quantitative estimate of drug-likeness (QED) is 0.784. The van der Waals surface area contributed by atoms with Gasteiger partial charge < -0.3 is 4.74 Å². The van der Waals surface area contributed by atoms with Crippen molar-refractivity contribution in [1.82, 2.24) is 9.97 Å². The van der Waals surface area contributed by atoms with Crippen LogP contribution in [0, 0.1) is 5.92 Å². The van der Waals surface area contributed by atoms with Crippen LogP contribution >= 0.6 is 11.6 Å². The molecule has 0 N–H and O–H groups in total. The highest BCUT2D eigenvalue weighted by Crippen LogP contribution is 2.32. The maximum absolute atomic E-state index is 12.4. The molecule has 1 heterocycles. The Bertz CT molecular complexity index is 407. The van der Waals surface area contributed by atoms with Crippen molar-refractivity contribution >= 4 is 11.6 Å². The molecule has 1 aliphatic rings. The number of hydrogen-bond donors (Lipinski definition) is 0. The van der Waals surface area contributed by atoms with Gasteiger partial charge in [0.2, 0.25) is 11.7 Å². The molecule has 7 heteroatoms. The minimum Gasteiger partial charge on any atom is -0.478 e. The molecule has 3 nitrogen and oxygen atoms in total. The lowest BCUT2D eigenvalue weighted by Crippen LogP contribution is -2.12. The summed E-state index contributed by atoms with van der Waals surface area (Å²) in [6.45, 7) is 0.356. The van der Waals surface area contributed by atoms with Crippen molar-refractivity contribution < 1.29 is 17.9 Å². The zero-order chi connectivity index (χ0) is 12.5. The number of nitrogens with zero attached hydrogens (tertiary/aromatic N) is 2. The van der Waals surface area contributed by atoms with Gasteiger partial charge in [-0.15, -0.1) is 0 Å². The van der Waals surface area contributed by atoms with E-state index in [0.29, 0.717) is 12.5 Å². The third-order valence-electron chi connectivity index (χ3n) is 2.40. The number of hydrogen-bond acceptors (Lipinski definition) is 3. The van der Waals surface area contributed by atoms with Crippen LogP contribution in [0.5, 0.6) is 5.88 Å². The van der Waals surface area contributed by atoms with Crippen LogP contribution in [0.1, 0.15) is 25.1 Å². The standard InChI is InChI=1S/C10H10ClF3N2O/c11-7-5-8(17-4-3-6-1-2-6)16-9(15-7)10(12,13)14/h5-6H,1-4H2. The van der Waals surface area contributed by atoms with Crippen molar-refractivity contribution in [2.45, 2.75) is 25.4 Å². The Morgan fingerprint density at radius 3 is 2.65 bits per heavy atom. The summed E-state index contributed by atoms with van der Waals surface area (Å²) in [5, 5.41) is -0.270. The largest absolute Gasteiger partial charge is 0.478 e. The highest BCUT2D eigenvalue weighted by Gasteiger charge is 2.35. The first kappa shape index (κ1) is 12.4. The lowest BCUT2D eigenvalue weighted by molar-refractivity contribution is -0.145. The Balaban J connectivity index is 2.02. The molecule has 0 radical (unpaired) electrons. The van der Waals surface area contributed by atoms with E-state index < -0.39 is 12.0 Å². The smallest absolute Gasteiger partial charge is 0.451 e. The van der Waals surface area contributed by atoms with Gasteiger partial charge in [0.05, 0.1) is 6.61 Å². The Morgan fingerprint density at radius 1 is 1.35 bits per heavy atom. The maximum atomic E-state index is 12.4. The lowest BCUT2D eigenvalue weighted by Gasteiger charge is -2.08. The van der Waals surface area contributed by atoms with Crippen LogP contribution in [-0.2, 0) is 6.18 Å². The first-order valence-corrected chi connectivity index (χ1v) is 5.57. The average Bonchev–Trinajstić information content (AvgIpc) is 2.99. The van der Waals surface area contributed by atoms with Gasteiger partial charge in [-0.05, 0) is 12.3 Å². The van der Waals surface area contributed by atoms with Gasteiger partial charge in [0.15, 0.2) is 0 Å². The topological polar surface area (TPSA) is 35.0 Å². The second kappa shape index (κ2) is 4.68. The normalized spacial score (nSPS) is 16.0. The zero-order valence-electron chi connectivity index (χ0n) is 8.80. The summed E-state index contributed by atoms with van der Waals surface area (Å²) in [6.07, 6.45) is -1.44. The van der Waals surface area contributed by atoms with Crippen molar-refractivity contribution in [2.75, 3.05) is 6.61 Å². The first-order chi connectivity index (χ1) is 7.95. The summed E-state index contributed by atoms with van der Waals surface area (Å²) in [5.74, 6) is -0.751. The van der Waals surface area contributed by atoms with Gasteiger partial charge in [0, 0.05) is 6.07 Å². The molecule has 1 fully saturated rings. The van der Waals surface area contributed by atoms with Crippen molar-refractivity contribution in [2.24, 2.45) is 5.92 Å². The third kappa shape index (κ3) is 3.73. The van der Waals surface area contributed by atoms with Crippen molar-refractivity contribution in [3.63, 3.8) is 0 Å². The maximum Gasteiger partial charge on any atom is 0.451 e. The van der Waals surface area contributed by atoms with E-state index in [4.69, 9.17) is 16.3 Å². The van der Waals surface area contributed by atoms with E-state index in [0.717, 1.165) is 6.42 Å². The molecule has 0 atom stereocenters. The molecule has 1 aliphatic carbocycles. The SMILES string of the molecule is FC(F)(F)c1nc(Cl)cc(OCCC2CC2)n1. The van der Waals surface area contributed by atoms with Crippen LogP contribution in [0.25, 0.3) is 0 Å². The second-order valence-corrected chi connectivity index (χ2v) is 4.32. The minimum atomic E-state index is -4.61. The molecule has 0 unspecified atom stereocenters. The van der Waals surface area contributed by atoms with E-state index in [1.54, 1.807) is 0 Å². The van der Waals surface area contributed by atoms with Gasteiger partial charge in [-0.2, -0.15) is 18.2 Å². The highest BCUT2D eigenvalue weighted by atomic mass is 35.5. The molecule has 2 rings (SSSR count). The van der Waals surface area contributed by atoms with E-state index in [1.165, 1.54) is 18.9 Å². The molecule has 1 saturated carbocycles. The van der Waals surface area contributed by atoms with Gasteiger partial charge in [-0.1, -0.05) is 24.4 Å². The molecule has 17 heavy (non-hydrogen) atoms. The van der Waals surface area contributed by atoms with Gasteiger partial charge in [-0.3, -0.25) is 0 Å². The minimum absolute atomic E-state index is 0.127. The molecular weight excluding hydrogens is 257 g/mol. The van der Waals surface area contributed by atoms with Crippen LogP contribution in [0.3, 0.4) is 0 Å². The Labute approximate surface area is 101 Å². The number of halogens is 4. The van der Waals surface area contributed by atoms with Crippen molar-refractivity contribution in [1.29, 1.82) is 0 Å². The Morgan fingerprint density at radius 2 is 2.06 bits per heavy atom. The predicted molar refractivity (Wildman–Crippen MR) is 54.9 cm³/mol. The average molecular weight is 267 g/mol. The fraction of sp³-hybridized carbons (Fsp3) is 0.600. The molecule has 0 saturated heterocycles. The molecular formula is C10H10ClF3N2O. The number of rotatable bonds is 4. The van der Waals surface area contributed by atoms with Crippen LogP contribution in [-0.4, -0.2) is 16.6 Å². The fourth-order valence-electron chi connectivity index (χ4n) is 1.33. The molecule has 0 bridgehead atoms. The van der Waals surface area contributed by atoms with E-state index in [2.05, 4.69) is 9.97 Å². The summed E-state index contributed by atoms with van der Waals surface area (Å²) in [4.78, 5) is 6.39. The summed E-state index contributed by atoms with van der Waals surface area (Å²) < 4.78 is 42.2. The molecule has 0 amide bonds. The summed E-state index contributed by atoms with van der Waals surface area (Å²) in [5.41, 5.74) is 0. The van der Waals surface area contributed by atoms with Crippen LogP contribution in [0.4, 0.5) is 13.2 Å². The van der Waals surface area contributed by atoms with Gasteiger partial charge in [0.25, 0.3) is 0 Å². The second-order valence-electron chi connectivity index (χ2n) is 3.93. The van der Waals surface area contributed by atoms with Gasteiger partial charge in [-0.25, -0.2) is 4.98 Å². The first-order valence-electron chi connectivity index (χ1n) is 5.20. The summed E-state index contributed by atoms with van der Waals surface area (Å²) >= 11 is 5.48. The molecule has 0 spiro atoms. The monoisotopic (exact) mass is 266 g/mol. The van der Waals surface area contributed by atoms with E-state index in [-0.39, 0.29) is 11.0 Å². The van der Waals surface area contributed by atoms with Crippen LogP contribution in [0.15, 0.2) is 6.07 Å². The Kier molecular flexibility index (Phi) is 3.42. The van der Waals surface area contributed by atoms with Crippen molar-refractivity contribution in [3.8, 4) is 5.88 Å². The highest BCUT2D eigenvalue weighted by molar-refractivity contribution is 6.29. The number of aromatic nitrogens is 2.